The molecule has 0 aromatic carbocycles. The Labute approximate surface area is 125 Å². The van der Waals surface area contributed by atoms with Crippen molar-refractivity contribution in [3.8, 4) is 0 Å². The Hall–Kier alpha value is -0.0800. The molecule has 2 saturated carbocycles. The summed E-state index contributed by atoms with van der Waals surface area (Å²) in [6, 6.07) is 0.634. The molecule has 2 N–H and O–H groups in total. The second-order valence-corrected chi connectivity index (χ2v) is 8.72. The maximum atomic E-state index is 10.7. The van der Waals surface area contributed by atoms with Crippen LogP contribution in [0.4, 0.5) is 0 Å². The molecule has 2 aliphatic rings. The Balaban J connectivity index is 1.73. The van der Waals surface area contributed by atoms with Crippen molar-refractivity contribution in [2.24, 2.45) is 17.3 Å². The van der Waals surface area contributed by atoms with Crippen LogP contribution in [-0.2, 0) is 0 Å². The summed E-state index contributed by atoms with van der Waals surface area (Å²) >= 11 is 0. The van der Waals surface area contributed by atoms with E-state index in [9.17, 15) is 5.11 Å². The van der Waals surface area contributed by atoms with E-state index in [4.69, 9.17) is 0 Å². The van der Waals surface area contributed by atoms with Crippen LogP contribution in [0.3, 0.4) is 0 Å². The van der Waals surface area contributed by atoms with Crippen LogP contribution in [0.1, 0.15) is 79.1 Å². The molecule has 0 spiro atoms. The maximum Gasteiger partial charge on any atom is 0.0774 e. The lowest BCUT2D eigenvalue weighted by Crippen LogP contribution is -2.48. The van der Waals surface area contributed by atoms with E-state index in [1.54, 1.807) is 0 Å². The highest BCUT2D eigenvalue weighted by Crippen LogP contribution is 2.38. The van der Waals surface area contributed by atoms with E-state index in [2.05, 4.69) is 33.0 Å². The third-order valence-corrected chi connectivity index (χ3v) is 5.74. The summed E-state index contributed by atoms with van der Waals surface area (Å²) in [5.74, 6) is 1.56. The molecule has 0 aromatic heterocycles. The summed E-state index contributed by atoms with van der Waals surface area (Å²) in [7, 11) is 0. The lowest BCUT2D eigenvalue weighted by atomic mass is 9.71. The molecule has 0 heterocycles. The highest BCUT2D eigenvalue weighted by Gasteiger charge is 2.34. The van der Waals surface area contributed by atoms with Crippen molar-refractivity contribution in [2.45, 2.75) is 90.7 Å². The summed E-state index contributed by atoms with van der Waals surface area (Å²) in [6.45, 7) is 10.2. The highest BCUT2D eigenvalue weighted by molar-refractivity contribution is 4.90. The fraction of sp³-hybridized carbons (Fsp3) is 1.00. The first-order valence-corrected chi connectivity index (χ1v) is 8.74. The topological polar surface area (TPSA) is 32.3 Å². The van der Waals surface area contributed by atoms with Gasteiger partial charge < -0.3 is 10.4 Å². The second kappa shape index (κ2) is 6.36. The van der Waals surface area contributed by atoms with Crippen LogP contribution >= 0.6 is 0 Å². The molecule has 0 aliphatic heterocycles. The number of hydrogen-bond acceptors (Lipinski definition) is 2. The molecular weight excluding hydrogens is 246 g/mol. The molecule has 2 nitrogen and oxygen atoms in total. The van der Waals surface area contributed by atoms with E-state index in [1.807, 2.05) is 0 Å². The quantitative estimate of drug-likeness (QED) is 0.815. The van der Waals surface area contributed by atoms with Gasteiger partial charge in [-0.25, -0.2) is 0 Å². The van der Waals surface area contributed by atoms with Gasteiger partial charge in [-0.2, -0.15) is 0 Å². The van der Waals surface area contributed by atoms with Crippen LogP contribution in [0.2, 0.25) is 0 Å². The summed E-state index contributed by atoms with van der Waals surface area (Å²) < 4.78 is 0. The molecule has 2 unspecified atom stereocenters. The van der Waals surface area contributed by atoms with Crippen LogP contribution in [0.15, 0.2) is 0 Å². The van der Waals surface area contributed by atoms with Gasteiger partial charge >= 0.3 is 0 Å². The van der Waals surface area contributed by atoms with E-state index in [-0.39, 0.29) is 0 Å². The molecule has 2 rings (SSSR count). The van der Waals surface area contributed by atoms with Crippen molar-refractivity contribution in [3.63, 3.8) is 0 Å². The normalized spacial score (nSPS) is 39.8. The highest BCUT2D eigenvalue weighted by atomic mass is 16.3. The zero-order chi connectivity index (χ0) is 14.8. The molecule has 0 saturated heterocycles. The predicted molar refractivity (Wildman–Crippen MR) is 85.8 cm³/mol. The Morgan fingerprint density at radius 3 is 2.30 bits per heavy atom. The summed E-state index contributed by atoms with van der Waals surface area (Å²) in [5, 5.41) is 14.4. The largest absolute Gasteiger partial charge is 0.389 e. The second-order valence-electron chi connectivity index (χ2n) is 8.72. The van der Waals surface area contributed by atoms with E-state index >= 15 is 0 Å². The predicted octanol–water partition coefficient (Wildman–Crippen LogP) is 4.12. The Morgan fingerprint density at radius 2 is 1.75 bits per heavy atom. The van der Waals surface area contributed by atoms with Gasteiger partial charge in [0.05, 0.1) is 5.60 Å². The smallest absolute Gasteiger partial charge is 0.0774 e. The van der Waals surface area contributed by atoms with Gasteiger partial charge in [0, 0.05) is 12.6 Å². The van der Waals surface area contributed by atoms with Gasteiger partial charge in [0.1, 0.15) is 0 Å². The molecule has 0 aromatic rings. The van der Waals surface area contributed by atoms with Gasteiger partial charge in [-0.05, 0) is 55.8 Å². The van der Waals surface area contributed by atoms with Gasteiger partial charge in [0.2, 0.25) is 0 Å². The number of hydrogen-bond donors (Lipinski definition) is 2. The van der Waals surface area contributed by atoms with Crippen LogP contribution in [0.25, 0.3) is 0 Å². The first-order valence-electron chi connectivity index (χ1n) is 8.74. The first kappa shape index (κ1) is 16.3. The molecule has 0 bridgehead atoms. The molecule has 20 heavy (non-hydrogen) atoms. The first-order chi connectivity index (χ1) is 9.28. The van der Waals surface area contributed by atoms with Gasteiger partial charge in [0.15, 0.2) is 0 Å². The van der Waals surface area contributed by atoms with E-state index in [0.29, 0.717) is 17.4 Å². The van der Waals surface area contributed by atoms with Gasteiger partial charge in [-0.15, -0.1) is 0 Å². The average molecular weight is 281 g/mol. The van der Waals surface area contributed by atoms with Crippen molar-refractivity contribution < 1.29 is 5.11 Å². The van der Waals surface area contributed by atoms with E-state index in [0.717, 1.165) is 25.3 Å². The van der Waals surface area contributed by atoms with E-state index in [1.165, 1.54) is 38.5 Å². The minimum absolute atomic E-state index is 0.432. The third-order valence-electron chi connectivity index (χ3n) is 5.74. The van der Waals surface area contributed by atoms with Gasteiger partial charge in [-0.1, -0.05) is 40.5 Å². The fourth-order valence-corrected chi connectivity index (χ4v) is 4.29. The van der Waals surface area contributed by atoms with Crippen molar-refractivity contribution in [2.75, 3.05) is 6.54 Å². The zero-order valence-corrected chi connectivity index (χ0v) is 14.0. The SMILES string of the molecule is CC1CCCC(O)(CNC2CCC(C(C)(C)C)CC2)C1. The zero-order valence-electron chi connectivity index (χ0n) is 14.0. The van der Waals surface area contributed by atoms with E-state index < -0.39 is 5.60 Å². The number of aliphatic hydroxyl groups is 1. The molecular formula is C18H35NO. The van der Waals surface area contributed by atoms with Crippen molar-refractivity contribution in [1.29, 1.82) is 0 Å². The molecule has 2 aliphatic carbocycles. The fourth-order valence-electron chi connectivity index (χ4n) is 4.29. The average Bonchev–Trinajstić information content (AvgIpc) is 2.36. The van der Waals surface area contributed by atoms with Crippen molar-refractivity contribution in [3.05, 3.63) is 0 Å². The molecule has 0 amide bonds. The summed E-state index contributed by atoms with van der Waals surface area (Å²) in [5.41, 5.74) is 0.0283. The monoisotopic (exact) mass is 281 g/mol. The minimum atomic E-state index is -0.432. The Morgan fingerprint density at radius 1 is 1.10 bits per heavy atom. The lowest BCUT2D eigenvalue weighted by Gasteiger charge is -2.40. The van der Waals surface area contributed by atoms with Crippen molar-refractivity contribution in [1.82, 2.24) is 5.32 Å². The minimum Gasteiger partial charge on any atom is -0.389 e. The maximum absolute atomic E-state index is 10.7. The van der Waals surface area contributed by atoms with Gasteiger partial charge in [0.25, 0.3) is 0 Å². The standard InChI is InChI=1S/C18H35NO/c1-14-6-5-11-18(20,12-14)13-19-16-9-7-15(8-10-16)17(2,3)4/h14-16,19-20H,5-13H2,1-4H3. The molecule has 2 fully saturated rings. The van der Waals surface area contributed by atoms with Crippen LogP contribution < -0.4 is 5.32 Å². The van der Waals surface area contributed by atoms with Crippen LogP contribution in [0.5, 0.6) is 0 Å². The lowest BCUT2D eigenvalue weighted by molar-refractivity contribution is -0.0154. The molecule has 118 valence electrons. The Bertz CT molecular complexity index is 301. The summed E-state index contributed by atoms with van der Waals surface area (Å²) in [6.07, 6.45) is 9.71. The molecule has 2 heteroatoms. The van der Waals surface area contributed by atoms with Crippen LogP contribution in [0, 0.1) is 17.3 Å². The number of rotatable bonds is 3. The molecule has 0 radical (unpaired) electrons. The Kier molecular flexibility index (Phi) is 5.18. The number of nitrogens with one attached hydrogen (secondary N) is 1. The van der Waals surface area contributed by atoms with Crippen LogP contribution in [-0.4, -0.2) is 23.3 Å². The van der Waals surface area contributed by atoms with Crippen molar-refractivity contribution >= 4 is 0 Å². The molecule has 2 atom stereocenters. The summed E-state index contributed by atoms with van der Waals surface area (Å²) in [4.78, 5) is 0. The third kappa shape index (κ3) is 4.46. The van der Waals surface area contributed by atoms with Gasteiger partial charge in [-0.3, -0.25) is 0 Å².